The van der Waals surface area contributed by atoms with E-state index in [-0.39, 0.29) is 18.2 Å². The molecule has 1 aromatic rings. The molecule has 6 nitrogen and oxygen atoms in total. The van der Waals surface area contributed by atoms with Crippen LogP contribution in [0.5, 0.6) is 0 Å². The van der Waals surface area contributed by atoms with Gasteiger partial charge in [-0.05, 0) is 0 Å². The van der Waals surface area contributed by atoms with Gasteiger partial charge in [-0.2, -0.15) is 0 Å². The van der Waals surface area contributed by atoms with Crippen molar-refractivity contribution >= 4 is 11.8 Å². The van der Waals surface area contributed by atoms with Crippen LogP contribution in [0.15, 0.2) is 18.6 Å². The number of hydrogen-bond donors (Lipinski definition) is 1. The van der Waals surface area contributed by atoms with Gasteiger partial charge in [0.1, 0.15) is 0 Å². The van der Waals surface area contributed by atoms with E-state index in [1.165, 1.54) is 0 Å². The van der Waals surface area contributed by atoms with Crippen LogP contribution in [0.25, 0.3) is 0 Å². The van der Waals surface area contributed by atoms with E-state index in [1.54, 1.807) is 23.5 Å². The Hall–Kier alpha value is -1.98. The molecule has 1 fully saturated rings. The van der Waals surface area contributed by atoms with Gasteiger partial charge >= 0.3 is 0 Å². The molecule has 0 aliphatic carbocycles. The van der Waals surface area contributed by atoms with Crippen molar-refractivity contribution in [2.45, 2.75) is 13.0 Å². The molecule has 0 bridgehead atoms. The number of carbonyl (C=O) groups is 2. The molecule has 1 aliphatic heterocycles. The zero-order chi connectivity index (χ0) is 11.5. The first kappa shape index (κ1) is 10.5. The average Bonchev–Trinajstić information content (AvgIpc) is 2.62. The third kappa shape index (κ3) is 2.16. The molecule has 1 atom stereocenters. The van der Waals surface area contributed by atoms with Crippen molar-refractivity contribution in [1.29, 1.82) is 0 Å². The molecule has 6 heteroatoms. The minimum atomic E-state index is -0.421. The Bertz CT molecular complexity index is 407. The van der Waals surface area contributed by atoms with E-state index in [0.29, 0.717) is 18.8 Å². The van der Waals surface area contributed by atoms with Crippen molar-refractivity contribution in [1.82, 2.24) is 14.9 Å². The second-order valence-electron chi connectivity index (χ2n) is 3.77. The second kappa shape index (κ2) is 4.26. The number of likely N-dealkylation sites (tertiary alicyclic amines) is 1. The first-order chi connectivity index (χ1) is 7.66. The van der Waals surface area contributed by atoms with Gasteiger partial charge in [-0.3, -0.25) is 19.6 Å². The van der Waals surface area contributed by atoms with E-state index in [0.717, 1.165) is 0 Å². The predicted molar refractivity (Wildman–Crippen MR) is 54.8 cm³/mol. The van der Waals surface area contributed by atoms with E-state index in [4.69, 9.17) is 5.73 Å². The zero-order valence-electron chi connectivity index (χ0n) is 8.67. The zero-order valence-corrected chi connectivity index (χ0v) is 8.67. The summed E-state index contributed by atoms with van der Waals surface area (Å²) >= 11 is 0. The average molecular weight is 220 g/mol. The van der Waals surface area contributed by atoms with Crippen molar-refractivity contribution in [3.05, 3.63) is 24.3 Å². The minimum Gasteiger partial charge on any atom is -0.369 e. The standard InChI is InChI=1S/C10H12N4O2/c11-10(16)7-3-9(15)14(5-7)6-8-4-12-1-2-13-8/h1-2,4,7H,3,5-6H2,(H2,11,16). The minimum absolute atomic E-state index is 0.0607. The summed E-state index contributed by atoms with van der Waals surface area (Å²) in [6.45, 7) is 0.765. The van der Waals surface area contributed by atoms with Crippen LogP contribution in [0.2, 0.25) is 0 Å². The van der Waals surface area contributed by atoms with Gasteiger partial charge in [-0.15, -0.1) is 0 Å². The molecule has 84 valence electrons. The van der Waals surface area contributed by atoms with E-state index in [9.17, 15) is 9.59 Å². The molecule has 1 aromatic heterocycles. The number of carbonyl (C=O) groups excluding carboxylic acids is 2. The van der Waals surface area contributed by atoms with Crippen LogP contribution in [0.3, 0.4) is 0 Å². The molecule has 2 amide bonds. The molecule has 16 heavy (non-hydrogen) atoms. The quantitative estimate of drug-likeness (QED) is 0.730. The smallest absolute Gasteiger partial charge is 0.223 e. The van der Waals surface area contributed by atoms with Gasteiger partial charge in [-0.1, -0.05) is 0 Å². The third-order valence-corrected chi connectivity index (χ3v) is 2.59. The van der Waals surface area contributed by atoms with Gasteiger partial charge in [0.25, 0.3) is 0 Å². The largest absolute Gasteiger partial charge is 0.369 e. The maximum Gasteiger partial charge on any atom is 0.223 e. The number of hydrogen-bond acceptors (Lipinski definition) is 4. The lowest BCUT2D eigenvalue weighted by Crippen LogP contribution is -2.28. The number of amides is 2. The van der Waals surface area contributed by atoms with Gasteiger partial charge in [0, 0.05) is 25.4 Å². The summed E-state index contributed by atoms with van der Waals surface area (Å²) in [5.41, 5.74) is 5.88. The number of aromatic nitrogens is 2. The Morgan fingerprint density at radius 1 is 1.56 bits per heavy atom. The number of primary amides is 1. The molecule has 2 N–H and O–H groups in total. The summed E-state index contributed by atoms with van der Waals surface area (Å²) in [6.07, 6.45) is 4.95. The highest BCUT2D eigenvalue weighted by atomic mass is 16.2. The lowest BCUT2D eigenvalue weighted by molar-refractivity contribution is -0.128. The molecule has 0 spiro atoms. The topological polar surface area (TPSA) is 89.2 Å². The molecule has 0 aromatic carbocycles. The van der Waals surface area contributed by atoms with Crippen LogP contribution >= 0.6 is 0 Å². The summed E-state index contributed by atoms with van der Waals surface area (Å²) in [5, 5.41) is 0. The molecule has 2 rings (SSSR count). The van der Waals surface area contributed by atoms with Gasteiger partial charge in [0.05, 0.1) is 24.4 Å². The highest BCUT2D eigenvalue weighted by Crippen LogP contribution is 2.18. The molecule has 2 heterocycles. The fourth-order valence-electron chi connectivity index (χ4n) is 1.72. The van der Waals surface area contributed by atoms with Crippen molar-refractivity contribution < 1.29 is 9.59 Å². The fraction of sp³-hybridized carbons (Fsp3) is 0.400. The third-order valence-electron chi connectivity index (χ3n) is 2.59. The Balaban J connectivity index is 2.02. The highest BCUT2D eigenvalue weighted by molar-refractivity contribution is 5.88. The maximum absolute atomic E-state index is 11.6. The molecule has 1 unspecified atom stereocenters. The van der Waals surface area contributed by atoms with E-state index in [2.05, 4.69) is 9.97 Å². The van der Waals surface area contributed by atoms with Gasteiger partial charge in [0.2, 0.25) is 11.8 Å². The SMILES string of the molecule is NC(=O)C1CC(=O)N(Cc2cnccn2)C1. The number of rotatable bonds is 3. The summed E-state index contributed by atoms with van der Waals surface area (Å²) < 4.78 is 0. The summed E-state index contributed by atoms with van der Waals surface area (Å²) in [4.78, 5) is 32.1. The molecular weight excluding hydrogens is 208 g/mol. The van der Waals surface area contributed by atoms with Crippen molar-refractivity contribution in [3.63, 3.8) is 0 Å². The first-order valence-electron chi connectivity index (χ1n) is 4.99. The molecule has 1 saturated heterocycles. The maximum atomic E-state index is 11.6. The second-order valence-corrected chi connectivity index (χ2v) is 3.77. The normalized spacial score (nSPS) is 20.1. The van der Waals surface area contributed by atoms with Crippen LogP contribution < -0.4 is 5.73 Å². The van der Waals surface area contributed by atoms with E-state index >= 15 is 0 Å². The van der Waals surface area contributed by atoms with Gasteiger partial charge in [-0.25, -0.2) is 0 Å². The lowest BCUT2D eigenvalue weighted by atomic mass is 10.1. The monoisotopic (exact) mass is 220 g/mol. The molecule has 0 saturated carbocycles. The van der Waals surface area contributed by atoms with Gasteiger partial charge in [0.15, 0.2) is 0 Å². The number of nitrogens with zero attached hydrogens (tertiary/aromatic N) is 3. The van der Waals surface area contributed by atoms with Crippen molar-refractivity contribution in [2.75, 3.05) is 6.54 Å². The Kier molecular flexibility index (Phi) is 2.80. The summed E-state index contributed by atoms with van der Waals surface area (Å²) in [6, 6.07) is 0. The Labute approximate surface area is 92.5 Å². The molecule has 0 radical (unpaired) electrons. The highest BCUT2D eigenvalue weighted by Gasteiger charge is 2.32. The van der Waals surface area contributed by atoms with Crippen molar-refractivity contribution in [2.24, 2.45) is 11.7 Å². The molecule has 1 aliphatic rings. The van der Waals surface area contributed by atoms with E-state index in [1.807, 2.05) is 0 Å². The molecular formula is C10H12N4O2. The Morgan fingerprint density at radius 2 is 2.38 bits per heavy atom. The summed E-state index contributed by atoms with van der Waals surface area (Å²) in [7, 11) is 0. The van der Waals surface area contributed by atoms with Crippen LogP contribution in [-0.4, -0.2) is 33.2 Å². The fourth-order valence-corrected chi connectivity index (χ4v) is 1.72. The summed E-state index contributed by atoms with van der Waals surface area (Å²) in [5.74, 6) is -0.853. The van der Waals surface area contributed by atoms with Crippen LogP contribution in [0.1, 0.15) is 12.1 Å². The lowest BCUT2D eigenvalue weighted by Gasteiger charge is -2.14. The van der Waals surface area contributed by atoms with Crippen molar-refractivity contribution in [3.8, 4) is 0 Å². The van der Waals surface area contributed by atoms with Crippen LogP contribution in [0.4, 0.5) is 0 Å². The van der Waals surface area contributed by atoms with Gasteiger partial charge < -0.3 is 10.6 Å². The van der Waals surface area contributed by atoms with Crippen LogP contribution in [-0.2, 0) is 16.1 Å². The Morgan fingerprint density at radius 3 is 2.94 bits per heavy atom. The van der Waals surface area contributed by atoms with E-state index < -0.39 is 5.91 Å². The van der Waals surface area contributed by atoms with Crippen LogP contribution in [0, 0.1) is 5.92 Å². The first-order valence-corrected chi connectivity index (χ1v) is 4.99. The number of nitrogens with two attached hydrogens (primary N) is 1. The predicted octanol–water partition coefficient (Wildman–Crippen LogP) is -0.690.